The van der Waals surface area contributed by atoms with E-state index in [1.807, 2.05) is 6.92 Å². The van der Waals surface area contributed by atoms with Crippen molar-refractivity contribution in [2.24, 2.45) is 0 Å². The second-order valence-electron chi connectivity index (χ2n) is 8.16. The average molecular weight is 373 g/mol. The molecule has 1 aromatic carbocycles. The summed E-state index contributed by atoms with van der Waals surface area (Å²) in [6, 6.07) is 6.65. The van der Waals surface area contributed by atoms with Gasteiger partial charge in [-0.25, -0.2) is 0 Å². The lowest BCUT2D eigenvalue weighted by molar-refractivity contribution is -0.126. The monoisotopic (exact) mass is 372 g/mol. The Kier molecular flexibility index (Phi) is 7.13. The Morgan fingerprint density at radius 2 is 1.70 bits per heavy atom. The topological polar surface area (TPSA) is 38.8 Å². The number of carbonyl (C=O) groups is 1. The summed E-state index contributed by atoms with van der Waals surface area (Å²) in [6.45, 7) is 14.3. The van der Waals surface area contributed by atoms with Crippen molar-refractivity contribution in [2.45, 2.75) is 46.1 Å². The molecule has 5 heteroatoms. The largest absolute Gasteiger partial charge is 0.369 e. The van der Waals surface area contributed by atoms with Crippen LogP contribution in [0, 0.1) is 13.8 Å². The molecule has 2 heterocycles. The van der Waals surface area contributed by atoms with E-state index in [1.165, 1.54) is 49.2 Å². The number of piperidine rings is 1. The van der Waals surface area contributed by atoms with Gasteiger partial charge in [0, 0.05) is 45.0 Å². The van der Waals surface area contributed by atoms with Gasteiger partial charge < -0.3 is 15.1 Å². The summed E-state index contributed by atoms with van der Waals surface area (Å²) in [7, 11) is 0. The average Bonchev–Trinajstić information content (AvgIpc) is 2.70. The predicted octanol–water partition coefficient (Wildman–Crippen LogP) is 2.42. The first-order valence-corrected chi connectivity index (χ1v) is 10.6. The molecule has 1 unspecified atom stereocenters. The van der Waals surface area contributed by atoms with Crippen LogP contribution < -0.4 is 10.2 Å². The number of rotatable bonds is 6. The highest BCUT2D eigenvalue weighted by Gasteiger charge is 2.25. The lowest BCUT2D eigenvalue weighted by Crippen LogP contribution is -2.54. The minimum absolute atomic E-state index is 0.0479. The lowest BCUT2D eigenvalue weighted by Gasteiger charge is -2.38. The second-order valence-corrected chi connectivity index (χ2v) is 8.16. The number of anilines is 1. The van der Waals surface area contributed by atoms with Gasteiger partial charge in [0.15, 0.2) is 0 Å². The Morgan fingerprint density at radius 1 is 1.00 bits per heavy atom. The minimum Gasteiger partial charge on any atom is -0.369 e. The fraction of sp³-hybridized carbons (Fsp3) is 0.682. The maximum Gasteiger partial charge on any atom is 0.237 e. The molecular weight excluding hydrogens is 336 g/mol. The highest BCUT2D eigenvalue weighted by molar-refractivity contribution is 5.81. The molecule has 3 rings (SSSR count). The molecule has 27 heavy (non-hydrogen) atoms. The molecule has 2 aliphatic rings. The lowest BCUT2D eigenvalue weighted by atomic mass is 10.1. The van der Waals surface area contributed by atoms with Crippen molar-refractivity contribution in [3.05, 3.63) is 29.3 Å². The Balaban J connectivity index is 1.41. The smallest absolute Gasteiger partial charge is 0.237 e. The molecule has 0 spiro atoms. The van der Waals surface area contributed by atoms with Crippen LogP contribution in [-0.2, 0) is 4.79 Å². The molecule has 5 nitrogen and oxygen atoms in total. The quantitative estimate of drug-likeness (QED) is 0.832. The zero-order chi connectivity index (χ0) is 19.2. The van der Waals surface area contributed by atoms with E-state index in [9.17, 15) is 4.79 Å². The van der Waals surface area contributed by atoms with E-state index in [0.717, 1.165) is 39.3 Å². The third kappa shape index (κ3) is 5.45. The van der Waals surface area contributed by atoms with Gasteiger partial charge in [0.25, 0.3) is 0 Å². The van der Waals surface area contributed by atoms with E-state index in [4.69, 9.17) is 0 Å². The molecule has 1 amide bonds. The van der Waals surface area contributed by atoms with Crippen LogP contribution in [0.2, 0.25) is 0 Å². The van der Waals surface area contributed by atoms with Crippen molar-refractivity contribution in [1.82, 2.24) is 15.1 Å². The molecule has 0 aliphatic carbocycles. The Morgan fingerprint density at radius 3 is 2.37 bits per heavy atom. The Labute approximate surface area is 164 Å². The standard InChI is InChI=1S/C22H36N4O/c1-18-7-8-21(17-19(18)2)26-15-13-25(14-16-26)20(3)22(27)23-9-12-24-10-5-4-6-11-24/h7-8,17,20H,4-6,9-16H2,1-3H3,(H,23,27). The van der Waals surface area contributed by atoms with Gasteiger partial charge >= 0.3 is 0 Å². The van der Waals surface area contributed by atoms with Crippen molar-refractivity contribution in [1.29, 1.82) is 0 Å². The van der Waals surface area contributed by atoms with Gasteiger partial charge in [-0.15, -0.1) is 0 Å². The highest BCUT2D eigenvalue weighted by Crippen LogP contribution is 2.20. The fourth-order valence-electron chi connectivity index (χ4n) is 4.12. The number of nitrogens with one attached hydrogen (secondary N) is 1. The number of hydrogen-bond donors (Lipinski definition) is 1. The number of benzene rings is 1. The van der Waals surface area contributed by atoms with Crippen molar-refractivity contribution in [2.75, 3.05) is 57.3 Å². The minimum atomic E-state index is -0.0479. The van der Waals surface area contributed by atoms with Gasteiger partial charge in [-0.3, -0.25) is 9.69 Å². The SMILES string of the molecule is Cc1ccc(N2CCN(C(C)C(=O)NCCN3CCCCC3)CC2)cc1C. The maximum absolute atomic E-state index is 12.5. The summed E-state index contributed by atoms with van der Waals surface area (Å²) in [4.78, 5) is 19.7. The summed E-state index contributed by atoms with van der Waals surface area (Å²) in [5.74, 6) is 0.173. The van der Waals surface area contributed by atoms with Crippen LogP contribution in [0.3, 0.4) is 0 Å². The molecule has 1 N–H and O–H groups in total. The number of aryl methyl sites for hydroxylation is 2. The molecule has 150 valence electrons. The first-order valence-electron chi connectivity index (χ1n) is 10.6. The van der Waals surface area contributed by atoms with Crippen LogP contribution in [0.15, 0.2) is 18.2 Å². The zero-order valence-corrected chi connectivity index (χ0v) is 17.3. The molecular formula is C22H36N4O. The van der Waals surface area contributed by atoms with E-state index < -0.39 is 0 Å². The van der Waals surface area contributed by atoms with Crippen molar-refractivity contribution >= 4 is 11.6 Å². The first-order chi connectivity index (χ1) is 13.0. The van der Waals surface area contributed by atoms with E-state index in [0.29, 0.717) is 0 Å². The Hall–Kier alpha value is -1.59. The normalized spacial score (nSPS) is 20.5. The molecule has 2 aliphatic heterocycles. The summed E-state index contributed by atoms with van der Waals surface area (Å²) in [6.07, 6.45) is 3.96. The number of carbonyl (C=O) groups excluding carboxylic acids is 1. The van der Waals surface area contributed by atoms with Crippen LogP contribution in [0.4, 0.5) is 5.69 Å². The summed E-state index contributed by atoms with van der Waals surface area (Å²) < 4.78 is 0. The van der Waals surface area contributed by atoms with Gasteiger partial charge in [0.1, 0.15) is 0 Å². The molecule has 1 aromatic rings. The van der Waals surface area contributed by atoms with Gasteiger partial charge in [-0.1, -0.05) is 12.5 Å². The number of hydrogen-bond acceptors (Lipinski definition) is 4. The van der Waals surface area contributed by atoms with Gasteiger partial charge in [-0.05, 0) is 70.0 Å². The third-order valence-electron chi connectivity index (χ3n) is 6.27. The van der Waals surface area contributed by atoms with E-state index >= 15 is 0 Å². The first kappa shape index (κ1) is 20.2. The van der Waals surface area contributed by atoms with Crippen molar-refractivity contribution < 1.29 is 4.79 Å². The van der Waals surface area contributed by atoms with E-state index in [1.54, 1.807) is 0 Å². The molecule has 2 saturated heterocycles. The van der Waals surface area contributed by atoms with Crippen LogP contribution in [0.1, 0.15) is 37.3 Å². The number of amides is 1. The van der Waals surface area contributed by atoms with Crippen molar-refractivity contribution in [3.63, 3.8) is 0 Å². The number of piperazine rings is 1. The van der Waals surface area contributed by atoms with Crippen LogP contribution in [0.25, 0.3) is 0 Å². The van der Waals surface area contributed by atoms with Crippen LogP contribution in [-0.4, -0.2) is 74.1 Å². The molecule has 0 bridgehead atoms. The fourth-order valence-corrected chi connectivity index (χ4v) is 4.12. The van der Waals surface area contributed by atoms with Crippen LogP contribution >= 0.6 is 0 Å². The Bertz CT molecular complexity index is 619. The molecule has 1 atom stereocenters. The molecule has 0 radical (unpaired) electrons. The highest BCUT2D eigenvalue weighted by atomic mass is 16.2. The van der Waals surface area contributed by atoms with Gasteiger partial charge in [0.05, 0.1) is 6.04 Å². The summed E-state index contributed by atoms with van der Waals surface area (Å²) >= 11 is 0. The molecule has 0 aromatic heterocycles. The molecule has 0 saturated carbocycles. The van der Waals surface area contributed by atoms with E-state index in [-0.39, 0.29) is 11.9 Å². The van der Waals surface area contributed by atoms with Gasteiger partial charge in [-0.2, -0.15) is 0 Å². The molecule has 2 fully saturated rings. The summed E-state index contributed by atoms with van der Waals surface area (Å²) in [5.41, 5.74) is 3.99. The van der Waals surface area contributed by atoms with Crippen molar-refractivity contribution in [3.8, 4) is 0 Å². The third-order valence-corrected chi connectivity index (χ3v) is 6.27. The van der Waals surface area contributed by atoms with Gasteiger partial charge in [0.2, 0.25) is 5.91 Å². The van der Waals surface area contributed by atoms with E-state index in [2.05, 4.69) is 52.1 Å². The second kappa shape index (κ2) is 9.56. The van der Waals surface area contributed by atoms with Crippen LogP contribution in [0.5, 0.6) is 0 Å². The number of nitrogens with zero attached hydrogens (tertiary/aromatic N) is 3. The predicted molar refractivity (Wildman–Crippen MR) is 112 cm³/mol. The zero-order valence-electron chi connectivity index (χ0n) is 17.3. The summed E-state index contributed by atoms with van der Waals surface area (Å²) in [5, 5.41) is 3.15. The number of likely N-dealkylation sites (tertiary alicyclic amines) is 1. The maximum atomic E-state index is 12.5.